The number of hydrogen-bond acceptors (Lipinski definition) is 4. The first-order chi connectivity index (χ1) is 12.8. The number of aryl methyl sites for hydroxylation is 1. The Balaban J connectivity index is 1.61. The molecule has 9 heteroatoms. The number of urea groups is 1. The van der Waals surface area contributed by atoms with Crippen molar-refractivity contribution in [2.45, 2.75) is 19.8 Å². The van der Waals surface area contributed by atoms with Crippen LogP contribution in [0.3, 0.4) is 0 Å². The highest BCUT2D eigenvalue weighted by atomic mass is 19.4. The predicted octanol–water partition coefficient (Wildman–Crippen LogP) is 4.16. The number of fused-ring (bicyclic) bond motifs is 1. The third-order valence-electron chi connectivity index (χ3n) is 3.61. The molecule has 2 amide bonds. The first kappa shape index (κ1) is 18.4. The molecule has 2 aromatic carbocycles. The monoisotopic (exact) mass is 376 g/mol. The molecular weight excluding hydrogens is 361 g/mol. The Morgan fingerprint density at radius 2 is 1.85 bits per heavy atom. The first-order valence-electron chi connectivity index (χ1n) is 7.93. The average molecular weight is 376 g/mol. The molecule has 0 unspecified atom stereocenters. The van der Waals surface area contributed by atoms with Gasteiger partial charge in [-0.25, -0.2) is 4.79 Å². The lowest BCUT2D eigenvalue weighted by atomic mass is 10.2. The number of carbonyl (C=O) groups is 1. The number of ether oxygens (including phenoxy) is 1. The fourth-order valence-electron chi connectivity index (χ4n) is 2.43. The van der Waals surface area contributed by atoms with Crippen LogP contribution in [0.2, 0.25) is 0 Å². The molecule has 0 saturated carbocycles. The molecule has 0 bridgehead atoms. The van der Waals surface area contributed by atoms with Gasteiger partial charge in [0.15, 0.2) is 0 Å². The van der Waals surface area contributed by atoms with Gasteiger partial charge >= 0.3 is 12.4 Å². The minimum Gasteiger partial charge on any atom is -0.406 e. The van der Waals surface area contributed by atoms with Crippen molar-refractivity contribution in [3.05, 3.63) is 59.8 Å². The molecule has 0 saturated heterocycles. The molecule has 1 aromatic heterocycles. The van der Waals surface area contributed by atoms with Crippen LogP contribution in [-0.4, -0.2) is 22.6 Å². The molecule has 0 aliphatic rings. The SMILES string of the molecule is Cc1cc2c(NC(=O)NCc3ccc(OC(F)(F)F)cc3)cccc2nn1. The van der Waals surface area contributed by atoms with Gasteiger partial charge in [-0.2, -0.15) is 10.2 Å². The molecule has 0 atom stereocenters. The maximum atomic E-state index is 12.1. The van der Waals surface area contributed by atoms with Crippen LogP contribution >= 0.6 is 0 Å². The van der Waals surface area contributed by atoms with Crippen molar-refractivity contribution in [2.24, 2.45) is 0 Å². The zero-order chi connectivity index (χ0) is 19.4. The lowest BCUT2D eigenvalue weighted by molar-refractivity contribution is -0.274. The normalized spacial score (nSPS) is 11.3. The Morgan fingerprint density at radius 1 is 1.11 bits per heavy atom. The van der Waals surface area contributed by atoms with E-state index in [4.69, 9.17) is 0 Å². The van der Waals surface area contributed by atoms with Gasteiger partial charge in [-0.3, -0.25) is 0 Å². The molecule has 27 heavy (non-hydrogen) atoms. The summed E-state index contributed by atoms with van der Waals surface area (Å²) in [4.78, 5) is 12.1. The number of carbonyl (C=O) groups excluding carboxylic acids is 1. The predicted molar refractivity (Wildman–Crippen MR) is 93.3 cm³/mol. The van der Waals surface area contributed by atoms with Crippen LogP contribution in [0, 0.1) is 6.92 Å². The first-order valence-corrected chi connectivity index (χ1v) is 7.93. The van der Waals surface area contributed by atoms with Crippen molar-refractivity contribution in [3.8, 4) is 5.75 Å². The smallest absolute Gasteiger partial charge is 0.406 e. The van der Waals surface area contributed by atoms with Gasteiger partial charge in [-0.15, -0.1) is 13.2 Å². The van der Waals surface area contributed by atoms with Gasteiger partial charge in [0.2, 0.25) is 0 Å². The van der Waals surface area contributed by atoms with Crippen molar-refractivity contribution < 1.29 is 22.7 Å². The molecule has 0 radical (unpaired) electrons. The van der Waals surface area contributed by atoms with E-state index in [1.165, 1.54) is 24.3 Å². The van der Waals surface area contributed by atoms with Gasteiger partial charge in [0, 0.05) is 11.9 Å². The average Bonchev–Trinajstić information content (AvgIpc) is 2.60. The number of anilines is 1. The minimum absolute atomic E-state index is 0.141. The number of hydrogen-bond donors (Lipinski definition) is 2. The summed E-state index contributed by atoms with van der Waals surface area (Å²) in [5, 5.41) is 14.2. The quantitative estimate of drug-likeness (QED) is 0.717. The number of aromatic nitrogens is 2. The summed E-state index contributed by atoms with van der Waals surface area (Å²) >= 11 is 0. The minimum atomic E-state index is -4.74. The maximum absolute atomic E-state index is 12.1. The van der Waals surface area contributed by atoms with E-state index in [2.05, 4.69) is 25.6 Å². The van der Waals surface area contributed by atoms with Gasteiger partial charge in [0.1, 0.15) is 5.75 Å². The fourth-order valence-corrected chi connectivity index (χ4v) is 2.43. The Labute approximate surface area is 152 Å². The van der Waals surface area contributed by atoms with Crippen LogP contribution in [-0.2, 0) is 6.54 Å². The molecule has 0 fully saturated rings. The number of halogens is 3. The maximum Gasteiger partial charge on any atom is 0.573 e. The summed E-state index contributed by atoms with van der Waals surface area (Å²) in [5.41, 5.74) is 2.58. The molecule has 3 rings (SSSR count). The van der Waals surface area contributed by atoms with Gasteiger partial charge < -0.3 is 15.4 Å². The molecule has 0 spiro atoms. The molecule has 2 N–H and O–H groups in total. The Hall–Kier alpha value is -3.36. The van der Waals surface area contributed by atoms with E-state index >= 15 is 0 Å². The summed E-state index contributed by atoms with van der Waals surface area (Å²) in [6, 6.07) is 11.9. The molecule has 3 aromatic rings. The summed E-state index contributed by atoms with van der Waals surface area (Å²) in [6.45, 7) is 1.94. The molecule has 0 aliphatic heterocycles. The lowest BCUT2D eigenvalue weighted by Gasteiger charge is -2.11. The summed E-state index contributed by atoms with van der Waals surface area (Å²) in [6.07, 6.45) is -4.74. The molecule has 0 aliphatic carbocycles. The van der Waals surface area contributed by atoms with Crippen LogP contribution in [0.5, 0.6) is 5.75 Å². The molecule has 6 nitrogen and oxygen atoms in total. The number of nitrogens with zero attached hydrogens (tertiary/aromatic N) is 2. The van der Waals surface area contributed by atoms with E-state index in [0.29, 0.717) is 16.8 Å². The molecular formula is C18H15F3N4O2. The summed E-state index contributed by atoms with van der Waals surface area (Å²) in [7, 11) is 0. The van der Waals surface area contributed by atoms with Gasteiger partial charge in [0.05, 0.1) is 16.9 Å². The molecule has 140 valence electrons. The highest BCUT2D eigenvalue weighted by Crippen LogP contribution is 2.23. The van der Waals surface area contributed by atoms with Crippen LogP contribution in [0.1, 0.15) is 11.3 Å². The van der Waals surface area contributed by atoms with Gasteiger partial charge in [-0.1, -0.05) is 18.2 Å². The second-order valence-corrected chi connectivity index (χ2v) is 5.72. The standard InChI is InChI=1S/C18H15F3N4O2/c1-11-9-14-15(3-2-4-16(14)25-24-11)23-17(26)22-10-12-5-7-13(8-6-12)27-18(19,20)21/h2-9H,10H2,1H3,(H2,22,23,26). The largest absolute Gasteiger partial charge is 0.573 e. The van der Waals surface area contributed by atoms with Crippen LogP contribution < -0.4 is 15.4 Å². The van der Waals surface area contributed by atoms with Gasteiger partial charge in [0.25, 0.3) is 0 Å². The fraction of sp³-hybridized carbons (Fsp3) is 0.167. The highest BCUT2D eigenvalue weighted by molar-refractivity contribution is 6.00. The number of alkyl halides is 3. The summed E-state index contributed by atoms with van der Waals surface area (Å²) in [5.74, 6) is -0.317. The van der Waals surface area contributed by atoms with Crippen molar-refractivity contribution >= 4 is 22.6 Å². The molecule has 1 heterocycles. The van der Waals surface area contributed by atoms with E-state index in [1.807, 2.05) is 6.07 Å². The van der Waals surface area contributed by atoms with Crippen LogP contribution in [0.25, 0.3) is 10.9 Å². The van der Waals surface area contributed by atoms with E-state index in [-0.39, 0.29) is 12.3 Å². The second-order valence-electron chi connectivity index (χ2n) is 5.72. The van der Waals surface area contributed by atoms with E-state index in [1.54, 1.807) is 25.1 Å². The zero-order valence-electron chi connectivity index (χ0n) is 14.2. The topological polar surface area (TPSA) is 76.1 Å². The number of benzene rings is 2. The number of amides is 2. The third-order valence-corrected chi connectivity index (χ3v) is 3.61. The van der Waals surface area contributed by atoms with Crippen molar-refractivity contribution in [1.29, 1.82) is 0 Å². The van der Waals surface area contributed by atoms with Crippen molar-refractivity contribution in [2.75, 3.05) is 5.32 Å². The zero-order valence-corrected chi connectivity index (χ0v) is 14.2. The Kier molecular flexibility index (Phi) is 5.11. The van der Waals surface area contributed by atoms with E-state index in [0.717, 1.165) is 11.1 Å². The lowest BCUT2D eigenvalue weighted by Crippen LogP contribution is -2.28. The third kappa shape index (κ3) is 5.06. The van der Waals surface area contributed by atoms with Gasteiger partial charge in [-0.05, 0) is 42.8 Å². The number of rotatable bonds is 4. The summed E-state index contributed by atoms with van der Waals surface area (Å²) < 4.78 is 40.2. The van der Waals surface area contributed by atoms with Crippen molar-refractivity contribution in [1.82, 2.24) is 15.5 Å². The van der Waals surface area contributed by atoms with Crippen LogP contribution in [0.15, 0.2) is 48.5 Å². The van der Waals surface area contributed by atoms with E-state index in [9.17, 15) is 18.0 Å². The highest BCUT2D eigenvalue weighted by Gasteiger charge is 2.30. The number of nitrogens with one attached hydrogen (secondary N) is 2. The van der Waals surface area contributed by atoms with Crippen molar-refractivity contribution in [3.63, 3.8) is 0 Å². The van der Waals surface area contributed by atoms with E-state index < -0.39 is 12.4 Å². The Bertz CT molecular complexity index is 959. The second kappa shape index (κ2) is 7.48. The van der Waals surface area contributed by atoms with Crippen LogP contribution in [0.4, 0.5) is 23.7 Å². The Morgan fingerprint density at radius 3 is 2.56 bits per heavy atom.